The molecule has 15 heavy (non-hydrogen) atoms. The highest BCUT2D eigenvalue weighted by atomic mass is 35.5. The van der Waals surface area contributed by atoms with Crippen LogP contribution in [-0.2, 0) is 4.74 Å². The van der Waals surface area contributed by atoms with E-state index in [0.29, 0.717) is 10.9 Å². The summed E-state index contributed by atoms with van der Waals surface area (Å²) in [7, 11) is 0. The predicted octanol–water partition coefficient (Wildman–Crippen LogP) is 2.08. The van der Waals surface area contributed by atoms with Crippen molar-refractivity contribution in [2.24, 2.45) is 5.73 Å². The highest BCUT2D eigenvalue weighted by Crippen LogP contribution is 2.38. The van der Waals surface area contributed by atoms with Crippen LogP contribution >= 0.6 is 11.6 Å². The minimum Gasteiger partial charge on any atom is -0.446 e. The van der Waals surface area contributed by atoms with E-state index in [0.717, 1.165) is 18.5 Å². The Balaban J connectivity index is 1.92. The Morgan fingerprint density at radius 3 is 2.93 bits per heavy atom. The maximum atomic E-state index is 10.5. The van der Waals surface area contributed by atoms with Crippen LogP contribution in [0.4, 0.5) is 4.79 Å². The van der Waals surface area contributed by atoms with Crippen LogP contribution in [-0.4, -0.2) is 17.2 Å². The highest BCUT2D eigenvalue weighted by molar-refractivity contribution is 6.30. The van der Waals surface area contributed by atoms with Gasteiger partial charge in [-0.2, -0.15) is 0 Å². The van der Waals surface area contributed by atoms with Crippen molar-refractivity contribution in [3.8, 4) is 0 Å². The zero-order chi connectivity index (χ0) is 10.8. The first-order valence-corrected chi connectivity index (χ1v) is 5.10. The third kappa shape index (κ3) is 2.39. The number of nitrogens with two attached hydrogens (primary N) is 1. The van der Waals surface area contributed by atoms with Gasteiger partial charge in [0.05, 0.1) is 0 Å². The van der Waals surface area contributed by atoms with Crippen LogP contribution in [0, 0.1) is 0 Å². The quantitative estimate of drug-likeness (QED) is 0.840. The van der Waals surface area contributed by atoms with E-state index in [1.807, 2.05) is 6.07 Å². The molecule has 1 aliphatic rings. The number of hydrogen-bond donors (Lipinski definition) is 1. The summed E-state index contributed by atoms with van der Waals surface area (Å²) >= 11 is 5.85. The first-order chi connectivity index (χ1) is 7.15. The van der Waals surface area contributed by atoms with Gasteiger partial charge in [-0.15, -0.1) is 0 Å². The zero-order valence-corrected chi connectivity index (χ0v) is 8.78. The van der Waals surface area contributed by atoms with E-state index in [1.165, 1.54) is 0 Å². The van der Waals surface area contributed by atoms with E-state index in [1.54, 1.807) is 12.3 Å². The molecular formula is C10H11ClN2O2. The Bertz CT molecular complexity index is 377. The molecule has 1 aliphatic carbocycles. The molecule has 0 spiro atoms. The third-order valence-corrected chi connectivity index (χ3v) is 2.77. The maximum absolute atomic E-state index is 10.5. The summed E-state index contributed by atoms with van der Waals surface area (Å²) < 4.78 is 4.85. The van der Waals surface area contributed by atoms with Crippen LogP contribution < -0.4 is 5.73 Å². The van der Waals surface area contributed by atoms with Gasteiger partial charge >= 0.3 is 6.09 Å². The van der Waals surface area contributed by atoms with Crippen molar-refractivity contribution in [2.75, 3.05) is 0 Å². The molecule has 5 heteroatoms. The average Bonchev–Trinajstić information content (AvgIpc) is 2.10. The van der Waals surface area contributed by atoms with Gasteiger partial charge in [0.2, 0.25) is 0 Å². The number of nitrogens with zero attached hydrogens (tertiary/aromatic N) is 1. The van der Waals surface area contributed by atoms with Crippen molar-refractivity contribution in [1.82, 2.24) is 4.98 Å². The Kier molecular flexibility index (Phi) is 2.77. The SMILES string of the molecule is NC(=O)O[C@H]1C[C@@H](c2cc(Cl)ccn2)C1. The van der Waals surface area contributed by atoms with Crippen molar-refractivity contribution in [3.63, 3.8) is 0 Å². The molecule has 0 saturated heterocycles. The number of primary amides is 1. The van der Waals surface area contributed by atoms with Crippen LogP contribution in [0.2, 0.25) is 5.02 Å². The molecule has 0 radical (unpaired) electrons. The largest absolute Gasteiger partial charge is 0.446 e. The third-order valence-electron chi connectivity index (χ3n) is 2.54. The number of carbonyl (C=O) groups excluding carboxylic acids is 1. The van der Waals surface area contributed by atoms with Crippen LogP contribution in [0.5, 0.6) is 0 Å². The molecule has 0 unspecified atom stereocenters. The summed E-state index contributed by atoms with van der Waals surface area (Å²) in [6.07, 6.45) is 2.46. The smallest absolute Gasteiger partial charge is 0.404 e. The van der Waals surface area contributed by atoms with Gasteiger partial charge < -0.3 is 10.5 Å². The number of ether oxygens (including phenoxy) is 1. The molecule has 1 amide bonds. The molecule has 2 rings (SSSR count). The predicted molar refractivity (Wildman–Crippen MR) is 55.7 cm³/mol. The highest BCUT2D eigenvalue weighted by Gasteiger charge is 2.33. The lowest BCUT2D eigenvalue weighted by Gasteiger charge is -2.33. The van der Waals surface area contributed by atoms with Crippen LogP contribution in [0.15, 0.2) is 18.3 Å². The summed E-state index contributed by atoms with van der Waals surface area (Å²) in [4.78, 5) is 14.7. The summed E-state index contributed by atoms with van der Waals surface area (Å²) in [5, 5.41) is 0.680. The molecule has 0 aromatic carbocycles. The minimum absolute atomic E-state index is 0.0618. The van der Waals surface area contributed by atoms with E-state index in [2.05, 4.69) is 4.98 Å². The first kappa shape index (κ1) is 10.2. The van der Waals surface area contributed by atoms with E-state index >= 15 is 0 Å². The molecule has 4 nitrogen and oxygen atoms in total. The molecule has 1 saturated carbocycles. The van der Waals surface area contributed by atoms with E-state index in [9.17, 15) is 4.79 Å². The van der Waals surface area contributed by atoms with Crippen LogP contribution in [0.1, 0.15) is 24.5 Å². The molecule has 0 bridgehead atoms. The molecular weight excluding hydrogens is 216 g/mol. The zero-order valence-electron chi connectivity index (χ0n) is 8.02. The second kappa shape index (κ2) is 4.06. The van der Waals surface area contributed by atoms with Gasteiger partial charge in [0, 0.05) is 22.8 Å². The Morgan fingerprint density at radius 1 is 1.60 bits per heavy atom. The molecule has 1 aromatic heterocycles. The number of hydrogen-bond acceptors (Lipinski definition) is 3. The summed E-state index contributed by atoms with van der Waals surface area (Å²) in [5.41, 5.74) is 5.86. The van der Waals surface area contributed by atoms with Crippen molar-refractivity contribution in [1.29, 1.82) is 0 Å². The minimum atomic E-state index is -0.711. The van der Waals surface area contributed by atoms with Crippen molar-refractivity contribution < 1.29 is 9.53 Å². The Morgan fingerprint density at radius 2 is 2.33 bits per heavy atom. The van der Waals surface area contributed by atoms with Gasteiger partial charge in [-0.05, 0) is 25.0 Å². The molecule has 80 valence electrons. The second-order valence-corrected chi connectivity index (χ2v) is 4.06. The normalized spacial score (nSPS) is 24.3. The van der Waals surface area contributed by atoms with Crippen molar-refractivity contribution in [2.45, 2.75) is 24.9 Å². The second-order valence-electron chi connectivity index (χ2n) is 3.63. The van der Waals surface area contributed by atoms with Crippen molar-refractivity contribution >= 4 is 17.7 Å². The molecule has 1 heterocycles. The Hall–Kier alpha value is -1.29. The summed E-state index contributed by atoms with van der Waals surface area (Å²) in [6.45, 7) is 0. The number of aromatic nitrogens is 1. The topological polar surface area (TPSA) is 65.2 Å². The monoisotopic (exact) mass is 226 g/mol. The molecule has 1 fully saturated rings. The lowest BCUT2D eigenvalue weighted by molar-refractivity contribution is 0.0445. The molecule has 0 atom stereocenters. The molecule has 2 N–H and O–H groups in total. The van der Waals surface area contributed by atoms with Gasteiger partial charge in [-0.1, -0.05) is 11.6 Å². The summed E-state index contributed by atoms with van der Waals surface area (Å²) in [6, 6.07) is 3.58. The number of pyridine rings is 1. The van der Waals surface area contributed by atoms with E-state index < -0.39 is 6.09 Å². The van der Waals surface area contributed by atoms with Gasteiger partial charge in [-0.3, -0.25) is 4.98 Å². The van der Waals surface area contributed by atoms with Gasteiger partial charge in [0.1, 0.15) is 6.10 Å². The fourth-order valence-corrected chi connectivity index (χ4v) is 1.88. The number of rotatable bonds is 2. The van der Waals surface area contributed by atoms with E-state index in [4.69, 9.17) is 22.1 Å². The number of carbonyl (C=O) groups is 1. The molecule has 0 aliphatic heterocycles. The van der Waals surface area contributed by atoms with Crippen LogP contribution in [0.25, 0.3) is 0 Å². The average molecular weight is 227 g/mol. The summed E-state index contributed by atoms with van der Waals surface area (Å²) in [5.74, 6) is 0.327. The fraction of sp³-hybridized carbons (Fsp3) is 0.400. The number of amides is 1. The van der Waals surface area contributed by atoms with Gasteiger partial charge in [0.15, 0.2) is 0 Å². The van der Waals surface area contributed by atoms with E-state index in [-0.39, 0.29) is 6.10 Å². The maximum Gasteiger partial charge on any atom is 0.404 e. The fourth-order valence-electron chi connectivity index (χ4n) is 1.71. The first-order valence-electron chi connectivity index (χ1n) is 4.72. The van der Waals surface area contributed by atoms with Gasteiger partial charge in [0.25, 0.3) is 0 Å². The lowest BCUT2D eigenvalue weighted by Crippen LogP contribution is -2.34. The van der Waals surface area contributed by atoms with Crippen molar-refractivity contribution in [3.05, 3.63) is 29.0 Å². The standard InChI is InChI=1S/C10H11ClN2O2/c11-7-1-2-13-9(5-7)6-3-8(4-6)15-10(12)14/h1-2,5-6,8H,3-4H2,(H2,12,14)/t6-,8+. The van der Waals surface area contributed by atoms with Crippen LogP contribution in [0.3, 0.4) is 0 Å². The number of halogens is 1. The Labute approximate surface area is 92.4 Å². The molecule has 1 aromatic rings. The lowest BCUT2D eigenvalue weighted by atomic mass is 9.80. The van der Waals surface area contributed by atoms with Gasteiger partial charge in [-0.25, -0.2) is 4.79 Å².